The van der Waals surface area contributed by atoms with E-state index in [0.29, 0.717) is 17.7 Å². The summed E-state index contributed by atoms with van der Waals surface area (Å²) < 4.78 is 31.7. The maximum Gasteiger partial charge on any atom is 0.240 e. The molecule has 0 fully saturated rings. The molecule has 0 saturated carbocycles. The molecule has 0 unspecified atom stereocenters. The van der Waals surface area contributed by atoms with Crippen molar-refractivity contribution in [3.8, 4) is 11.5 Å². The van der Waals surface area contributed by atoms with Crippen LogP contribution in [0.5, 0.6) is 11.5 Å². The minimum atomic E-state index is -3.56. The summed E-state index contributed by atoms with van der Waals surface area (Å²) in [6, 6.07) is 13.0. The molecule has 6 heteroatoms. The third-order valence-electron chi connectivity index (χ3n) is 3.05. The molecule has 0 heterocycles. The molecule has 0 aromatic heterocycles. The molecule has 0 bridgehead atoms. The highest BCUT2D eigenvalue weighted by atomic mass is 32.2. The van der Waals surface area contributed by atoms with E-state index in [4.69, 9.17) is 4.74 Å². The summed E-state index contributed by atoms with van der Waals surface area (Å²) in [6.07, 6.45) is 0.419. The van der Waals surface area contributed by atoms with Gasteiger partial charge in [0.15, 0.2) is 0 Å². The Bertz CT molecular complexity index is 696. The van der Waals surface area contributed by atoms with Gasteiger partial charge < -0.3 is 9.84 Å². The van der Waals surface area contributed by atoms with Gasteiger partial charge in [-0.25, -0.2) is 13.1 Å². The standard InChI is InChI=1S/C15H17NO4S/c1-20-13-6-8-14(9-7-13)21(18,19)16-11-10-12-4-2-3-5-15(12)17/h2-9,16-17H,10-11H2,1H3. The van der Waals surface area contributed by atoms with Crippen LogP contribution < -0.4 is 9.46 Å². The number of benzene rings is 2. The van der Waals surface area contributed by atoms with Gasteiger partial charge in [0.1, 0.15) is 11.5 Å². The van der Waals surface area contributed by atoms with Gasteiger partial charge in [-0.3, -0.25) is 0 Å². The summed E-state index contributed by atoms with van der Waals surface area (Å²) in [5, 5.41) is 9.62. The fourth-order valence-electron chi connectivity index (χ4n) is 1.88. The van der Waals surface area contributed by atoms with Crippen molar-refractivity contribution in [3.05, 3.63) is 54.1 Å². The van der Waals surface area contributed by atoms with Crippen LogP contribution >= 0.6 is 0 Å². The Morgan fingerprint density at radius 3 is 2.38 bits per heavy atom. The zero-order valence-corrected chi connectivity index (χ0v) is 12.4. The lowest BCUT2D eigenvalue weighted by atomic mass is 10.1. The number of hydrogen-bond donors (Lipinski definition) is 2. The van der Waals surface area contributed by atoms with Crippen molar-refractivity contribution in [2.24, 2.45) is 0 Å². The SMILES string of the molecule is COc1ccc(S(=O)(=O)NCCc2ccccc2O)cc1. The average Bonchev–Trinajstić information content (AvgIpc) is 2.49. The molecule has 2 rings (SSSR count). The summed E-state index contributed by atoms with van der Waals surface area (Å²) in [4.78, 5) is 0.181. The van der Waals surface area contributed by atoms with Gasteiger partial charge in [0.25, 0.3) is 0 Å². The number of methoxy groups -OCH3 is 1. The number of aromatic hydroxyl groups is 1. The van der Waals surface area contributed by atoms with Gasteiger partial charge in [-0.1, -0.05) is 18.2 Å². The van der Waals surface area contributed by atoms with Gasteiger partial charge in [-0.2, -0.15) is 0 Å². The fraction of sp³-hybridized carbons (Fsp3) is 0.200. The lowest BCUT2D eigenvalue weighted by Gasteiger charge is -2.08. The van der Waals surface area contributed by atoms with E-state index in [1.807, 2.05) is 0 Å². The first-order valence-electron chi connectivity index (χ1n) is 6.43. The van der Waals surface area contributed by atoms with Crippen molar-refractivity contribution >= 4 is 10.0 Å². The van der Waals surface area contributed by atoms with Crippen LogP contribution in [0.15, 0.2) is 53.4 Å². The van der Waals surface area contributed by atoms with Crippen molar-refractivity contribution < 1.29 is 18.3 Å². The Hall–Kier alpha value is -2.05. The monoisotopic (exact) mass is 307 g/mol. The minimum Gasteiger partial charge on any atom is -0.508 e. The lowest BCUT2D eigenvalue weighted by Crippen LogP contribution is -2.26. The van der Waals surface area contributed by atoms with E-state index in [1.54, 1.807) is 36.4 Å². The highest BCUT2D eigenvalue weighted by Gasteiger charge is 2.13. The molecule has 0 atom stereocenters. The molecular weight excluding hydrogens is 290 g/mol. The summed E-state index contributed by atoms with van der Waals surface area (Å²) in [5.41, 5.74) is 0.704. The normalized spacial score (nSPS) is 11.3. The van der Waals surface area contributed by atoms with Crippen molar-refractivity contribution in [2.75, 3.05) is 13.7 Å². The number of phenolic OH excluding ortho intramolecular Hbond substituents is 1. The van der Waals surface area contributed by atoms with Crippen LogP contribution in [0.2, 0.25) is 0 Å². The van der Waals surface area contributed by atoms with E-state index in [1.165, 1.54) is 19.2 Å². The topological polar surface area (TPSA) is 75.6 Å². The summed E-state index contributed by atoms with van der Waals surface area (Å²) in [7, 11) is -2.03. The van der Waals surface area contributed by atoms with Gasteiger partial charge >= 0.3 is 0 Å². The molecule has 2 aromatic rings. The zero-order chi connectivity index (χ0) is 15.3. The fourth-order valence-corrected chi connectivity index (χ4v) is 2.91. The van der Waals surface area contributed by atoms with Crippen LogP contribution in [0.1, 0.15) is 5.56 Å². The second-order valence-electron chi connectivity index (χ2n) is 4.45. The molecule has 21 heavy (non-hydrogen) atoms. The Labute approximate surface area is 124 Å². The molecule has 0 aliphatic heterocycles. The van der Waals surface area contributed by atoms with Crippen molar-refractivity contribution in [1.29, 1.82) is 0 Å². The van der Waals surface area contributed by atoms with Gasteiger partial charge in [0, 0.05) is 6.54 Å². The summed E-state index contributed by atoms with van der Waals surface area (Å²) >= 11 is 0. The molecular formula is C15H17NO4S. The van der Waals surface area contributed by atoms with Crippen LogP contribution in [0.25, 0.3) is 0 Å². The van der Waals surface area contributed by atoms with E-state index in [9.17, 15) is 13.5 Å². The second-order valence-corrected chi connectivity index (χ2v) is 6.22. The predicted octanol–water partition coefficient (Wildman–Crippen LogP) is 1.92. The highest BCUT2D eigenvalue weighted by molar-refractivity contribution is 7.89. The van der Waals surface area contributed by atoms with Gasteiger partial charge in [-0.15, -0.1) is 0 Å². The van der Waals surface area contributed by atoms with E-state index in [-0.39, 0.29) is 17.2 Å². The number of ether oxygens (including phenoxy) is 1. The predicted molar refractivity (Wildman–Crippen MR) is 80.0 cm³/mol. The minimum absolute atomic E-state index is 0.168. The van der Waals surface area contributed by atoms with E-state index < -0.39 is 10.0 Å². The molecule has 0 aliphatic carbocycles. The van der Waals surface area contributed by atoms with E-state index in [2.05, 4.69) is 4.72 Å². The Morgan fingerprint density at radius 2 is 1.76 bits per heavy atom. The van der Waals surface area contributed by atoms with Crippen LogP contribution in [0, 0.1) is 0 Å². The third kappa shape index (κ3) is 3.96. The Balaban J connectivity index is 1.99. The van der Waals surface area contributed by atoms with Crippen LogP contribution in [0.3, 0.4) is 0 Å². The van der Waals surface area contributed by atoms with Crippen LogP contribution in [-0.2, 0) is 16.4 Å². The summed E-state index contributed by atoms with van der Waals surface area (Å²) in [6.45, 7) is 0.214. The van der Waals surface area contributed by atoms with E-state index >= 15 is 0 Å². The third-order valence-corrected chi connectivity index (χ3v) is 4.52. The van der Waals surface area contributed by atoms with Crippen molar-refractivity contribution in [1.82, 2.24) is 4.72 Å². The Morgan fingerprint density at radius 1 is 1.10 bits per heavy atom. The number of nitrogens with one attached hydrogen (secondary N) is 1. The molecule has 5 nitrogen and oxygen atoms in total. The lowest BCUT2D eigenvalue weighted by molar-refractivity contribution is 0.414. The maximum absolute atomic E-state index is 12.1. The van der Waals surface area contributed by atoms with Crippen molar-refractivity contribution in [3.63, 3.8) is 0 Å². The van der Waals surface area contributed by atoms with Crippen LogP contribution in [-0.4, -0.2) is 27.2 Å². The van der Waals surface area contributed by atoms with Crippen molar-refractivity contribution in [2.45, 2.75) is 11.3 Å². The van der Waals surface area contributed by atoms with E-state index in [0.717, 1.165) is 0 Å². The molecule has 2 aromatic carbocycles. The van der Waals surface area contributed by atoms with Gasteiger partial charge in [-0.05, 0) is 42.3 Å². The second kappa shape index (κ2) is 6.60. The van der Waals surface area contributed by atoms with Gasteiger partial charge in [0.05, 0.1) is 12.0 Å². The smallest absolute Gasteiger partial charge is 0.240 e. The molecule has 0 radical (unpaired) electrons. The average molecular weight is 307 g/mol. The molecule has 112 valence electrons. The number of phenols is 1. The Kier molecular flexibility index (Phi) is 4.82. The molecule has 0 amide bonds. The summed E-state index contributed by atoms with van der Waals surface area (Å²) in [5.74, 6) is 0.768. The molecule has 0 aliphatic rings. The molecule has 2 N–H and O–H groups in total. The number of sulfonamides is 1. The number of para-hydroxylation sites is 1. The molecule has 0 saturated heterocycles. The maximum atomic E-state index is 12.1. The zero-order valence-electron chi connectivity index (χ0n) is 11.6. The highest BCUT2D eigenvalue weighted by Crippen LogP contribution is 2.17. The molecule has 0 spiro atoms. The van der Waals surface area contributed by atoms with Crippen LogP contribution in [0.4, 0.5) is 0 Å². The van der Waals surface area contributed by atoms with Gasteiger partial charge in [0.2, 0.25) is 10.0 Å². The quantitative estimate of drug-likeness (QED) is 0.855. The largest absolute Gasteiger partial charge is 0.508 e. The first kappa shape index (κ1) is 15.3. The number of rotatable bonds is 6. The first-order chi connectivity index (χ1) is 10.0. The first-order valence-corrected chi connectivity index (χ1v) is 7.92. The number of hydrogen-bond acceptors (Lipinski definition) is 4.